The van der Waals surface area contributed by atoms with Gasteiger partial charge in [0, 0.05) is 24.0 Å². The number of ether oxygens (including phenoxy) is 1. The van der Waals surface area contributed by atoms with Crippen molar-refractivity contribution < 1.29 is 13.9 Å². The molecule has 1 aromatic heterocycles. The van der Waals surface area contributed by atoms with Crippen LogP contribution >= 0.6 is 0 Å². The number of furan rings is 1. The van der Waals surface area contributed by atoms with Crippen molar-refractivity contribution in [3.05, 3.63) is 72.0 Å². The Kier molecular flexibility index (Phi) is 4.48. The number of hydrogen-bond acceptors (Lipinski definition) is 3. The van der Waals surface area contributed by atoms with Gasteiger partial charge in [0.15, 0.2) is 0 Å². The van der Waals surface area contributed by atoms with Crippen LogP contribution in [0.5, 0.6) is 5.75 Å². The zero-order valence-electron chi connectivity index (χ0n) is 14.7. The van der Waals surface area contributed by atoms with E-state index in [4.69, 9.17) is 9.15 Å². The Morgan fingerprint density at radius 1 is 1.19 bits per heavy atom. The molecule has 4 heteroatoms. The van der Waals surface area contributed by atoms with Crippen molar-refractivity contribution >= 4 is 23.0 Å². The van der Waals surface area contributed by atoms with Gasteiger partial charge < -0.3 is 14.1 Å². The van der Waals surface area contributed by atoms with E-state index in [1.807, 2.05) is 59.5 Å². The molecule has 4 nitrogen and oxygen atoms in total. The monoisotopic (exact) mass is 347 g/mol. The molecule has 1 fully saturated rings. The van der Waals surface area contributed by atoms with Gasteiger partial charge in [-0.05, 0) is 48.7 Å². The molecule has 4 rings (SSSR count). The fourth-order valence-corrected chi connectivity index (χ4v) is 3.03. The highest BCUT2D eigenvalue weighted by molar-refractivity contribution is 5.92. The normalized spacial score (nSPS) is 14.0. The summed E-state index contributed by atoms with van der Waals surface area (Å²) in [5.41, 5.74) is 1.93. The lowest BCUT2D eigenvalue weighted by molar-refractivity contribution is -0.127. The Labute approximate surface area is 152 Å². The summed E-state index contributed by atoms with van der Waals surface area (Å²) in [5, 5.41) is 1.04. The van der Waals surface area contributed by atoms with Crippen molar-refractivity contribution in [2.24, 2.45) is 0 Å². The summed E-state index contributed by atoms with van der Waals surface area (Å²) in [6.07, 6.45) is 5.51. The molecular formula is C22H21NO3. The predicted molar refractivity (Wildman–Crippen MR) is 102 cm³/mol. The predicted octanol–water partition coefficient (Wildman–Crippen LogP) is 4.65. The Morgan fingerprint density at radius 2 is 1.96 bits per heavy atom. The summed E-state index contributed by atoms with van der Waals surface area (Å²) >= 11 is 0. The maximum atomic E-state index is 12.7. The van der Waals surface area contributed by atoms with Gasteiger partial charge in [-0.1, -0.05) is 30.3 Å². The summed E-state index contributed by atoms with van der Waals surface area (Å²) in [6, 6.07) is 18.0. The number of benzene rings is 2. The third-order valence-electron chi connectivity index (χ3n) is 4.62. The number of carbonyl (C=O) groups is 1. The van der Waals surface area contributed by atoms with E-state index in [2.05, 4.69) is 0 Å². The van der Waals surface area contributed by atoms with Crippen molar-refractivity contribution in [3.63, 3.8) is 0 Å². The highest BCUT2D eigenvalue weighted by Crippen LogP contribution is 2.29. The fourth-order valence-electron chi connectivity index (χ4n) is 3.03. The number of rotatable bonds is 6. The second-order valence-electron chi connectivity index (χ2n) is 6.57. The van der Waals surface area contributed by atoms with Gasteiger partial charge in [-0.15, -0.1) is 0 Å². The molecule has 0 saturated heterocycles. The van der Waals surface area contributed by atoms with E-state index < -0.39 is 0 Å². The summed E-state index contributed by atoms with van der Waals surface area (Å²) in [7, 11) is 1.65. The van der Waals surface area contributed by atoms with Gasteiger partial charge in [-0.25, -0.2) is 0 Å². The maximum absolute atomic E-state index is 12.7. The number of methoxy groups -OCH3 is 1. The second kappa shape index (κ2) is 7.08. The van der Waals surface area contributed by atoms with Crippen LogP contribution in [0.25, 0.3) is 17.0 Å². The summed E-state index contributed by atoms with van der Waals surface area (Å²) in [5.74, 6) is 1.53. The molecule has 0 atom stereocenters. The number of hydrogen-bond donors (Lipinski definition) is 0. The number of para-hydroxylation sites is 1. The molecule has 2 aromatic carbocycles. The van der Waals surface area contributed by atoms with Gasteiger partial charge in [0.1, 0.15) is 17.1 Å². The standard InChI is InChI=1S/C22H21NO3/c1-25-19-10-6-16(7-11-19)15-23(18-8-9-18)22(24)13-12-20-14-17-4-2-3-5-21(17)26-20/h2-7,10-14,18H,8-9,15H2,1H3/b13-12+. The Bertz CT molecular complexity index is 902. The molecule has 0 unspecified atom stereocenters. The van der Waals surface area contributed by atoms with Crippen LogP contribution in [0.15, 0.2) is 65.1 Å². The number of carbonyl (C=O) groups excluding carboxylic acids is 1. The van der Waals surface area contributed by atoms with Crippen LogP contribution in [-0.4, -0.2) is 24.0 Å². The molecule has 0 spiro atoms. The van der Waals surface area contributed by atoms with Gasteiger partial charge in [-0.2, -0.15) is 0 Å². The van der Waals surface area contributed by atoms with E-state index in [1.165, 1.54) is 0 Å². The lowest BCUT2D eigenvalue weighted by atomic mass is 10.2. The lowest BCUT2D eigenvalue weighted by Crippen LogP contribution is -2.31. The average molecular weight is 347 g/mol. The van der Waals surface area contributed by atoms with Crippen LogP contribution in [0.3, 0.4) is 0 Å². The van der Waals surface area contributed by atoms with E-state index in [1.54, 1.807) is 19.3 Å². The molecule has 1 amide bonds. The maximum Gasteiger partial charge on any atom is 0.247 e. The quantitative estimate of drug-likeness (QED) is 0.610. The van der Waals surface area contributed by atoms with Crippen molar-refractivity contribution in [2.75, 3.05) is 7.11 Å². The lowest BCUT2D eigenvalue weighted by Gasteiger charge is -2.21. The topological polar surface area (TPSA) is 42.7 Å². The summed E-state index contributed by atoms with van der Waals surface area (Å²) in [4.78, 5) is 14.6. The van der Waals surface area contributed by atoms with Crippen molar-refractivity contribution in [1.29, 1.82) is 0 Å². The van der Waals surface area contributed by atoms with Crippen molar-refractivity contribution in [3.8, 4) is 5.75 Å². The van der Waals surface area contributed by atoms with Gasteiger partial charge in [-0.3, -0.25) is 4.79 Å². The molecule has 1 aliphatic rings. The van der Waals surface area contributed by atoms with Gasteiger partial charge in [0.2, 0.25) is 5.91 Å². The molecule has 132 valence electrons. The molecule has 0 bridgehead atoms. The first kappa shape index (κ1) is 16.5. The van der Waals surface area contributed by atoms with Crippen LogP contribution in [0.1, 0.15) is 24.2 Å². The van der Waals surface area contributed by atoms with Crippen LogP contribution in [0.2, 0.25) is 0 Å². The van der Waals surface area contributed by atoms with E-state index in [-0.39, 0.29) is 5.91 Å². The molecule has 0 radical (unpaired) electrons. The zero-order valence-corrected chi connectivity index (χ0v) is 14.7. The smallest absolute Gasteiger partial charge is 0.247 e. The van der Waals surface area contributed by atoms with Crippen LogP contribution < -0.4 is 4.74 Å². The molecule has 1 heterocycles. The first-order valence-corrected chi connectivity index (χ1v) is 8.83. The van der Waals surface area contributed by atoms with Crippen molar-refractivity contribution in [2.45, 2.75) is 25.4 Å². The van der Waals surface area contributed by atoms with Crippen LogP contribution in [-0.2, 0) is 11.3 Å². The molecule has 26 heavy (non-hydrogen) atoms. The van der Waals surface area contributed by atoms with Gasteiger partial charge >= 0.3 is 0 Å². The highest BCUT2D eigenvalue weighted by Gasteiger charge is 2.31. The minimum Gasteiger partial charge on any atom is -0.497 e. The number of nitrogens with zero attached hydrogens (tertiary/aromatic N) is 1. The van der Waals surface area contributed by atoms with E-state index in [0.29, 0.717) is 18.3 Å². The number of fused-ring (bicyclic) bond motifs is 1. The summed E-state index contributed by atoms with van der Waals surface area (Å²) < 4.78 is 10.9. The second-order valence-corrected chi connectivity index (χ2v) is 6.57. The number of amides is 1. The fraction of sp³-hybridized carbons (Fsp3) is 0.227. The van der Waals surface area contributed by atoms with E-state index >= 15 is 0 Å². The third-order valence-corrected chi connectivity index (χ3v) is 4.62. The Morgan fingerprint density at radius 3 is 2.65 bits per heavy atom. The third kappa shape index (κ3) is 3.64. The van der Waals surface area contributed by atoms with Crippen LogP contribution in [0, 0.1) is 0 Å². The van der Waals surface area contributed by atoms with Crippen LogP contribution in [0.4, 0.5) is 0 Å². The minimum atomic E-state index is 0.0174. The van der Waals surface area contributed by atoms with E-state index in [9.17, 15) is 4.79 Å². The molecule has 3 aromatic rings. The van der Waals surface area contributed by atoms with Gasteiger partial charge in [0.05, 0.1) is 7.11 Å². The Hall–Kier alpha value is -3.01. The highest BCUT2D eigenvalue weighted by atomic mass is 16.5. The largest absolute Gasteiger partial charge is 0.497 e. The zero-order chi connectivity index (χ0) is 17.9. The van der Waals surface area contributed by atoms with Gasteiger partial charge in [0.25, 0.3) is 0 Å². The minimum absolute atomic E-state index is 0.0174. The average Bonchev–Trinajstić information content (AvgIpc) is 3.43. The SMILES string of the molecule is COc1ccc(CN(C(=O)/C=C/c2cc3ccccc3o2)C2CC2)cc1. The molecule has 1 aliphatic carbocycles. The first-order valence-electron chi connectivity index (χ1n) is 8.83. The Balaban J connectivity index is 1.48. The van der Waals surface area contributed by atoms with E-state index in [0.717, 1.165) is 35.1 Å². The summed E-state index contributed by atoms with van der Waals surface area (Å²) in [6.45, 7) is 0.609. The first-order chi connectivity index (χ1) is 12.7. The molecule has 1 saturated carbocycles. The molecule has 0 aliphatic heterocycles. The van der Waals surface area contributed by atoms with Crippen molar-refractivity contribution in [1.82, 2.24) is 4.90 Å². The molecule has 0 N–H and O–H groups in total. The molecular weight excluding hydrogens is 326 g/mol.